The lowest BCUT2D eigenvalue weighted by molar-refractivity contribution is -0.119. The van der Waals surface area contributed by atoms with Crippen LogP contribution in [-0.2, 0) is 26.2 Å². The van der Waals surface area contributed by atoms with E-state index in [0.29, 0.717) is 48.7 Å². The smallest absolute Gasteiger partial charge is 0.229 e. The number of benzene rings is 3. The van der Waals surface area contributed by atoms with Gasteiger partial charge in [0.2, 0.25) is 5.91 Å². The fourth-order valence-electron chi connectivity index (χ4n) is 5.10. The minimum absolute atomic E-state index is 0.0200. The summed E-state index contributed by atoms with van der Waals surface area (Å²) >= 11 is 0. The minimum atomic E-state index is -0.229. The van der Waals surface area contributed by atoms with Gasteiger partial charge in [-0.15, -0.1) is 0 Å². The number of ether oxygens (including phenoxy) is 1. The Bertz CT molecular complexity index is 1570. The van der Waals surface area contributed by atoms with E-state index < -0.39 is 0 Å². The van der Waals surface area contributed by atoms with Crippen molar-refractivity contribution >= 4 is 40.4 Å². The number of nitrogens with zero attached hydrogens (tertiary/aromatic N) is 1. The zero-order chi connectivity index (χ0) is 31.9. The molecule has 0 bridgehead atoms. The number of rotatable bonds is 10. The number of nitrogens with one attached hydrogen (secondary N) is 2. The molecule has 1 fully saturated rings. The van der Waals surface area contributed by atoms with E-state index in [0.717, 1.165) is 16.7 Å². The number of Topliss-reactive ketones (excluding diaryl/α,β-unsaturated/α-hetero) is 2. The summed E-state index contributed by atoms with van der Waals surface area (Å²) in [7, 11) is 0. The monoisotopic (exact) mass is 593 g/mol. The van der Waals surface area contributed by atoms with Crippen molar-refractivity contribution in [1.29, 1.82) is 0 Å². The van der Waals surface area contributed by atoms with E-state index in [1.165, 1.54) is 12.5 Å². The average molecular weight is 594 g/mol. The highest BCUT2D eigenvalue weighted by atomic mass is 16.5. The standard InChI is InChI=1S/C37H43N3O4/c1-7-10-33(32-14-8-11-27(24(32)2)21-34(42)26-15-17-29(18-16-26)37(4,5)6)40-35(25(3)41)38-30-12-9-13-31(22-30)39-36(43)28-19-20-44-23-28/h8-18,22,28H,7,19-21,23H2,1-6H3,(H,38,40)(H,39,43)/b33-10-. The molecule has 0 aliphatic carbocycles. The summed E-state index contributed by atoms with van der Waals surface area (Å²) < 4.78 is 5.33. The van der Waals surface area contributed by atoms with Crippen LogP contribution >= 0.6 is 0 Å². The number of amides is 1. The zero-order valence-electron chi connectivity index (χ0n) is 26.6. The van der Waals surface area contributed by atoms with Gasteiger partial charge in [0.1, 0.15) is 0 Å². The van der Waals surface area contributed by atoms with Crippen LogP contribution in [0.25, 0.3) is 5.70 Å². The van der Waals surface area contributed by atoms with Crippen LogP contribution in [0.4, 0.5) is 11.4 Å². The lowest BCUT2D eigenvalue weighted by Gasteiger charge is -2.19. The molecule has 1 aliphatic rings. The van der Waals surface area contributed by atoms with Crippen LogP contribution in [0.15, 0.2) is 77.8 Å². The fourth-order valence-corrected chi connectivity index (χ4v) is 5.10. The Morgan fingerprint density at radius 2 is 1.66 bits per heavy atom. The van der Waals surface area contributed by atoms with Crippen molar-refractivity contribution in [2.45, 2.75) is 66.2 Å². The van der Waals surface area contributed by atoms with Crippen molar-refractivity contribution in [1.82, 2.24) is 0 Å². The van der Waals surface area contributed by atoms with E-state index in [4.69, 9.17) is 9.73 Å². The van der Waals surface area contributed by atoms with Crippen molar-refractivity contribution in [3.63, 3.8) is 0 Å². The maximum atomic E-state index is 13.2. The summed E-state index contributed by atoms with van der Waals surface area (Å²) in [6.07, 6.45) is 3.65. The van der Waals surface area contributed by atoms with Gasteiger partial charge >= 0.3 is 0 Å². The van der Waals surface area contributed by atoms with Gasteiger partial charge in [0.15, 0.2) is 17.4 Å². The molecule has 1 aliphatic heterocycles. The second-order valence-corrected chi connectivity index (χ2v) is 12.3. The highest BCUT2D eigenvalue weighted by molar-refractivity contribution is 6.43. The molecule has 3 aromatic carbocycles. The van der Waals surface area contributed by atoms with Crippen LogP contribution in [0.1, 0.15) is 80.1 Å². The van der Waals surface area contributed by atoms with Crippen LogP contribution in [0.3, 0.4) is 0 Å². The Morgan fingerprint density at radius 1 is 0.977 bits per heavy atom. The molecule has 7 heteroatoms. The number of anilines is 2. The Balaban J connectivity index is 1.56. The van der Waals surface area contributed by atoms with Gasteiger partial charge in [-0.3, -0.25) is 14.4 Å². The molecule has 44 heavy (non-hydrogen) atoms. The van der Waals surface area contributed by atoms with Crippen molar-refractivity contribution in [3.8, 4) is 0 Å². The van der Waals surface area contributed by atoms with Crippen molar-refractivity contribution in [2.24, 2.45) is 10.9 Å². The summed E-state index contributed by atoms with van der Waals surface area (Å²) in [5, 5.41) is 6.09. The van der Waals surface area contributed by atoms with Crippen molar-refractivity contribution in [3.05, 3.63) is 101 Å². The number of aliphatic imine (C=N–C) groups is 1. The molecule has 7 nitrogen and oxygen atoms in total. The molecule has 1 saturated heterocycles. The molecule has 230 valence electrons. The Labute approximate surface area is 260 Å². The molecular weight excluding hydrogens is 550 g/mol. The Hall–Kier alpha value is -4.36. The molecular formula is C37H43N3O4. The molecule has 1 amide bonds. The van der Waals surface area contributed by atoms with Gasteiger partial charge in [-0.1, -0.05) is 82.3 Å². The van der Waals surface area contributed by atoms with Gasteiger partial charge in [0.05, 0.1) is 18.2 Å². The molecule has 1 unspecified atom stereocenters. The van der Waals surface area contributed by atoms with Crippen LogP contribution in [0.5, 0.6) is 0 Å². The first-order valence-corrected chi connectivity index (χ1v) is 15.2. The van der Waals surface area contributed by atoms with Crippen LogP contribution in [0, 0.1) is 12.8 Å². The highest BCUT2D eigenvalue weighted by Crippen LogP contribution is 2.27. The number of hydrogen-bond donors (Lipinski definition) is 2. The van der Waals surface area contributed by atoms with E-state index in [1.807, 2.05) is 74.5 Å². The molecule has 1 heterocycles. The second kappa shape index (κ2) is 14.4. The van der Waals surface area contributed by atoms with Crippen molar-refractivity contribution in [2.75, 3.05) is 23.8 Å². The molecule has 0 spiro atoms. The van der Waals surface area contributed by atoms with E-state index >= 15 is 0 Å². The average Bonchev–Trinajstić information content (AvgIpc) is 3.53. The first-order chi connectivity index (χ1) is 21.0. The predicted molar refractivity (Wildman–Crippen MR) is 178 cm³/mol. The number of amidine groups is 1. The number of allylic oxidation sites excluding steroid dienone is 1. The van der Waals surface area contributed by atoms with E-state index in [2.05, 4.69) is 31.4 Å². The van der Waals surface area contributed by atoms with Gasteiger partial charge in [0.25, 0.3) is 0 Å². The lowest BCUT2D eigenvalue weighted by Crippen LogP contribution is -2.23. The maximum Gasteiger partial charge on any atom is 0.229 e. The predicted octanol–water partition coefficient (Wildman–Crippen LogP) is 7.54. The maximum absolute atomic E-state index is 13.2. The topological polar surface area (TPSA) is 96.9 Å². The van der Waals surface area contributed by atoms with Gasteiger partial charge < -0.3 is 15.4 Å². The summed E-state index contributed by atoms with van der Waals surface area (Å²) in [5.74, 6) is -0.242. The molecule has 0 saturated carbocycles. The fraction of sp³-hybridized carbons (Fsp3) is 0.351. The van der Waals surface area contributed by atoms with Gasteiger partial charge in [0, 0.05) is 42.5 Å². The molecule has 4 rings (SSSR count). The lowest BCUT2D eigenvalue weighted by atomic mass is 9.86. The third-order valence-corrected chi connectivity index (χ3v) is 7.80. The summed E-state index contributed by atoms with van der Waals surface area (Å²) in [6.45, 7) is 12.9. The van der Waals surface area contributed by atoms with Gasteiger partial charge in [-0.05, 0) is 60.1 Å². The van der Waals surface area contributed by atoms with Crippen LogP contribution < -0.4 is 10.6 Å². The Kier molecular flexibility index (Phi) is 10.7. The number of hydrogen-bond acceptors (Lipinski definition) is 5. The molecule has 1 atom stereocenters. The van der Waals surface area contributed by atoms with E-state index in [1.54, 1.807) is 12.1 Å². The van der Waals surface area contributed by atoms with E-state index in [9.17, 15) is 14.4 Å². The van der Waals surface area contributed by atoms with Gasteiger partial charge in [-0.25, -0.2) is 4.99 Å². The summed E-state index contributed by atoms with van der Waals surface area (Å²) in [4.78, 5) is 43.3. The van der Waals surface area contributed by atoms with Crippen LogP contribution in [-0.4, -0.2) is 36.5 Å². The van der Waals surface area contributed by atoms with E-state index in [-0.39, 0.29) is 41.1 Å². The molecule has 0 radical (unpaired) electrons. The van der Waals surface area contributed by atoms with Gasteiger partial charge in [-0.2, -0.15) is 0 Å². The summed E-state index contributed by atoms with van der Waals surface area (Å²) in [5.41, 5.74) is 6.51. The van der Waals surface area contributed by atoms with Crippen LogP contribution in [0.2, 0.25) is 0 Å². The highest BCUT2D eigenvalue weighted by Gasteiger charge is 2.23. The minimum Gasteiger partial charge on any atom is -0.381 e. The molecule has 3 aromatic rings. The number of carbonyl (C=O) groups excluding carboxylic acids is 3. The molecule has 2 N–H and O–H groups in total. The first kappa shape index (κ1) is 32.6. The quantitative estimate of drug-likeness (QED) is 0.144. The summed E-state index contributed by atoms with van der Waals surface area (Å²) in [6, 6.07) is 20.9. The second-order valence-electron chi connectivity index (χ2n) is 12.3. The molecule has 0 aromatic heterocycles. The largest absolute Gasteiger partial charge is 0.381 e. The first-order valence-electron chi connectivity index (χ1n) is 15.2. The SMILES string of the molecule is CC/C=C(\N=C(Nc1cccc(NC(=O)C2CCOC2)c1)C(C)=O)c1cccc(CC(=O)c2ccc(C(C)(C)C)cc2)c1C. The Morgan fingerprint density at radius 3 is 2.27 bits per heavy atom. The number of ketones is 2. The number of carbonyl (C=O) groups is 3. The zero-order valence-corrected chi connectivity index (χ0v) is 26.6. The third-order valence-electron chi connectivity index (χ3n) is 7.80. The third kappa shape index (κ3) is 8.38. The normalized spacial score (nSPS) is 15.6. The van der Waals surface area contributed by atoms with Crippen molar-refractivity contribution < 1.29 is 19.1 Å².